The summed E-state index contributed by atoms with van der Waals surface area (Å²) in [6.07, 6.45) is -0.236. The van der Waals surface area contributed by atoms with Gasteiger partial charge >= 0.3 is 0 Å². The fourth-order valence-corrected chi connectivity index (χ4v) is 4.71. The second-order valence-electron chi connectivity index (χ2n) is 8.79. The number of carbonyl (C=O) groups excluding carboxylic acids is 1. The summed E-state index contributed by atoms with van der Waals surface area (Å²) in [7, 11) is 0. The van der Waals surface area contributed by atoms with Crippen molar-refractivity contribution in [1.29, 1.82) is 5.26 Å². The summed E-state index contributed by atoms with van der Waals surface area (Å²) >= 11 is 0. The number of hydrogen-bond donors (Lipinski definition) is 2. The van der Waals surface area contributed by atoms with Crippen LogP contribution in [-0.2, 0) is 17.8 Å². The number of aromatic amines is 1. The predicted octanol–water partition coefficient (Wildman–Crippen LogP) is 3.99. The molecule has 6 heteroatoms. The van der Waals surface area contributed by atoms with Crippen LogP contribution in [-0.4, -0.2) is 44.9 Å². The zero-order valence-electron chi connectivity index (χ0n) is 18.8. The molecular weight excluding hydrogens is 424 g/mol. The Kier molecular flexibility index (Phi) is 6.13. The molecule has 1 aliphatic rings. The molecule has 1 unspecified atom stereocenters. The number of rotatable bonds is 6. The first kappa shape index (κ1) is 21.9. The van der Waals surface area contributed by atoms with Crippen molar-refractivity contribution in [1.82, 2.24) is 14.8 Å². The van der Waals surface area contributed by atoms with Crippen molar-refractivity contribution < 1.29 is 9.90 Å². The maximum Gasteiger partial charge on any atom is 0.237 e. The van der Waals surface area contributed by atoms with Crippen LogP contribution in [0.5, 0.6) is 0 Å². The van der Waals surface area contributed by atoms with E-state index in [0.717, 1.165) is 22.0 Å². The summed E-state index contributed by atoms with van der Waals surface area (Å²) in [5.74, 6) is -0.00189. The number of amides is 1. The molecule has 34 heavy (non-hydrogen) atoms. The monoisotopic (exact) mass is 450 g/mol. The molecule has 3 aromatic carbocycles. The molecule has 1 aromatic heterocycles. The molecule has 0 spiro atoms. The van der Waals surface area contributed by atoms with Gasteiger partial charge in [0.1, 0.15) is 6.23 Å². The lowest BCUT2D eigenvalue weighted by Gasteiger charge is -2.42. The average molecular weight is 451 g/mol. The molecule has 0 aliphatic carbocycles. The van der Waals surface area contributed by atoms with Crippen LogP contribution in [0.1, 0.15) is 28.6 Å². The molecule has 170 valence electrons. The number of fused-ring (bicyclic) bond motifs is 1. The number of H-pyrrole nitrogens is 1. The van der Waals surface area contributed by atoms with Gasteiger partial charge in [-0.2, -0.15) is 5.26 Å². The summed E-state index contributed by atoms with van der Waals surface area (Å²) < 4.78 is 0. The van der Waals surface area contributed by atoms with Crippen molar-refractivity contribution in [3.05, 3.63) is 107 Å². The van der Waals surface area contributed by atoms with Crippen LogP contribution in [0.2, 0.25) is 0 Å². The van der Waals surface area contributed by atoms with Crippen molar-refractivity contribution in [3.63, 3.8) is 0 Å². The Balaban J connectivity index is 1.40. The first-order valence-corrected chi connectivity index (χ1v) is 11.4. The van der Waals surface area contributed by atoms with E-state index in [0.29, 0.717) is 30.8 Å². The van der Waals surface area contributed by atoms with Crippen LogP contribution >= 0.6 is 0 Å². The van der Waals surface area contributed by atoms with E-state index < -0.39 is 6.23 Å². The third kappa shape index (κ3) is 4.58. The molecule has 2 N–H and O–H groups in total. The lowest BCUT2D eigenvalue weighted by atomic mass is 10.0. The molecule has 0 bridgehead atoms. The zero-order chi connectivity index (χ0) is 23.5. The number of carbonyl (C=O) groups is 1. The summed E-state index contributed by atoms with van der Waals surface area (Å²) in [5.41, 5.74) is 4.28. The van der Waals surface area contributed by atoms with Crippen molar-refractivity contribution in [2.24, 2.45) is 0 Å². The van der Waals surface area contributed by atoms with Gasteiger partial charge in [0.05, 0.1) is 23.9 Å². The van der Waals surface area contributed by atoms with Crippen LogP contribution in [0.15, 0.2) is 84.9 Å². The number of piperazine rings is 1. The lowest BCUT2D eigenvalue weighted by molar-refractivity contribution is -0.147. The van der Waals surface area contributed by atoms with Gasteiger partial charge in [0, 0.05) is 30.0 Å². The number of nitriles is 1. The molecule has 1 fully saturated rings. The molecule has 0 saturated carbocycles. The van der Waals surface area contributed by atoms with Crippen LogP contribution in [0.3, 0.4) is 0 Å². The Hall–Kier alpha value is -3.92. The van der Waals surface area contributed by atoms with Gasteiger partial charge in [-0.1, -0.05) is 60.7 Å². The van der Waals surface area contributed by atoms with Gasteiger partial charge in [-0.15, -0.1) is 0 Å². The van der Waals surface area contributed by atoms with E-state index in [-0.39, 0.29) is 18.5 Å². The van der Waals surface area contributed by atoms with Crippen LogP contribution < -0.4 is 0 Å². The number of aliphatic hydroxyl groups is 1. The predicted molar refractivity (Wildman–Crippen MR) is 130 cm³/mol. The largest absolute Gasteiger partial charge is 0.372 e. The van der Waals surface area contributed by atoms with Gasteiger partial charge in [0.25, 0.3) is 0 Å². The molecule has 1 saturated heterocycles. The molecule has 1 aliphatic heterocycles. The van der Waals surface area contributed by atoms with Crippen molar-refractivity contribution in [3.8, 4) is 6.07 Å². The lowest BCUT2D eigenvalue weighted by Crippen LogP contribution is -2.57. The first-order chi connectivity index (χ1) is 16.6. The molecule has 0 radical (unpaired) electrons. The van der Waals surface area contributed by atoms with E-state index in [2.05, 4.69) is 23.2 Å². The van der Waals surface area contributed by atoms with Crippen molar-refractivity contribution in [2.75, 3.05) is 13.1 Å². The van der Waals surface area contributed by atoms with E-state index in [1.54, 1.807) is 12.1 Å². The van der Waals surface area contributed by atoms with Crippen molar-refractivity contribution >= 4 is 16.8 Å². The third-order valence-electron chi connectivity index (χ3n) is 6.45. The van der Waals surface area contributed by atoms with E-state index in [1.165, 1.54) is 0 Å². The van der Waals surface area contributed by atoms with Crippen LogP contribution in [0.25, 0.3) is 10.9 Å². The second-order valence-corrected chi connectivity index (χ2v) is 8.79. The maximum atomic E-state index is 13.3. The molecular formula is C28H26N4O2. The Labute approximate surface area is 198 Å². The second kappa shape index (κ2) is 9.52. The Morgan fingerprint density at radius 2 is 1.71 bits per heavy atom. The Morgan fingerprint density at radius 1 is 1.00 bits per heavy atom. The summed E-state index contributed by atoms with van der Waals surface area (Å²) in [5, 5.41) is 21.2. The Morgan fingerprint density at radius 3 is 2.41 bits per heavy atom. The highest BCUT2D eigenvalue weighted by molar-refractivity contribution is 5.82. The van der Waals surface area contributed by atoms with E-state index in [1.807, 2.05) is 70.5 Å². The van der Waals surface area contributed by atoms with Gasteiger partial charge in [0.15, 0.2) is 0 Å². The minimum Gasteiger partial charge on any atom is -0.372 e. The molecule has 4 aromatic rings. The third-order valence-corrected chi connectivity index (χ3v) is 6.45. The van der Waals surface area contributed by atoms with Gasteiger partial charge in [-0.25, -0.2) is 0 Å². The van der Waals surface area contributed by atoms with Crippen molar-refractivity contribution in [2.45, 2.75) is 25.2 Å². The number of hydrogen-bond acceptors (Lipinski definition) is 4. The number of nitrogens with zero attached hydrogens (tertiary/aromatic N) is 3. The molecule has 1 amide bonds. The molecule has 2 atom stereocenters. The average Bonchev–Trinajstić information content (AvgIpc) is 3.30. The molecule has 2 heterocycles. The summed E-state index contributed by atoms with van der Waals surface area (Å²) in [6, 6.07) is 29.5. The topological polar surface area (TPSA) is 83.4 Å². The van der Waals surface area contributed by atoms with E-state index in [9.17, 15) is 9.90 Å². The normalized spacial score (nSPS) is 17.6. The van der Waals surface area contributed by atoms with Crippen LogP contribution in [0, 0.1) is 11.3 Å². The van der Waals surface area contributed by atoms with Crippen LogP contribution in [0.4, 0.5) is 0 Å². The highest BCUT2D eigenvalue weighted by Gasteiger charge is 2.36. The molecule has 5 rings (SSSR count). The van der Waals surface area contributed by atoms with E-state index >= 15 is 0 Å². The minimum atomic E-state index is -0.945. The first-order valence-electron chi connectivity index (χ1n) is 11.4. The maximum absolute atomic E-state index is 13.3. The highest BCUT2D eigenvalue weighted by Crippen LogP contribution is 2.27. The Bertz CT molecular complexity index is 1330. The standard InChI is InChI=1S/C28H26N4O2/c29-16-22-11-12-25-23(13-22)15-26(30-25)28(34)31-18-24(14-20-7-3-1-4-8-20)32(27(33)19-31)17-21-9-5-2-6-10-21/h1-13,15,24,28,30,34H,14,17-19H2/t24-,28?/m0/s1. The van der Waals surface area contributed by atoms with Gasteiger partial charge in [0.2, 0.25) is 5.91 Å². The minimum absolute atomic E-state index is 0.00189. The summed E-state index contributed by atoms with van der Waals surface area (Å²) in [4.78, 5) is 20.3. The zero-order valence-corrected chi connectivity index (χ0v) is 18.8. The SMILES string of the molecule is N#Cc1ccc2[nH]c(C(O)N3CC(=O)N(Cc4ccccc4)[C@@H](Cc4ccccc4)C3)cc2c1. The fourth-order valence-electron chi connectivity index (χ4n) is 4.71. The van der Waals surface area contributed by atoms with E-state index in [4.69, 9.17) is 5.26 Å². The molecule has 6 nitrogen and oxygen atoms in total. The van der Waals surface area contributed by atoms with Gasteiger partial charge in [-0.3, -0.25) is 9.69 Å². The summed E-state index contributed by atoms with van der Waals surface area (Å²) in [6.45, 7) is 1.23. The fraction of sp³-hybridized carbons (Fsp3) is 0.214. The quantitative estimate of drug-likeness (QED) is 0.465. The number of benzene rings is 3. The number of aromatic nitrogens is 1. The smallest absolute Gasteiger partial charge is 0.237 e. The van der Waals surface area contributed by atoms with Gasteiger partial charge < -0.3 is 15.0 Å². The number of aliphatic hydroxyl groups excluding tert-OH is 1. The highest BCUT2D eigenvalue weighted by atomic mass is 16.3. The number of nitrogens with one attached hydrogen (secondary N) is 1. The van der Waals surface area contributed by atoms with Gasteiger partial charge in [-0.05, 0) is 41.8 Å².